The molecule has 16 N–H and O–H groups in total. The summed E-state index contributed by atoms with van der Waals surface area (Å²) in [5, 5.41) is 102. The number of hydrogen-bond acceptors (Lipinski definition) is 25. The van der Waals surface area contributed by atoms with Crippen LogP contribution in [0.1, 0.15) is 114 Å². The van der Waals surface area contributed by atoms with Crippen LogP contribution in [0.3, 0.4) is 0 Å². The van der Waals surface area contributed by atoms with E-state index in [0.29, 0.717) is 12.8 Å². The summed E-state index contributed by atoms with van der Waals surface area (Å²) in [5.74, 6) is -6.65. The number of phosphoric acid groups is 1. The van der Waals surface area contributed by atoms with Gasteiger partial charge in [-0.05, 0) is 91.9 Å². The first-order valence-corrected chi connectivity index (χ1v) is 30.9. The molecule has 91 heavy (non-hydrogen) atoms. The molecule has 22 atom stereocenters. The van der Waals surface area contributed by atoms with Crippen molar-refractivity contribution in [1.82, 2.24) is 10.6 Å². The second-order valence-electron chi connectivity index (χ2n) is 24.1. The zero-order valence-electron chi connectivity index (χ0n) is 52.6. The van der Waals surface area contributed by atoms with Crippen LogP contribution in [0.2, 0.25) is 0 Å². The Morgan fingerprint density at radius 2 is 1.31 bits per heavy atom. The average Bonchev–Trinajstić information content (AvgIpc) is 0.764. The summed E-state index contributed by atoms with van der Waals surface area (Å²) in [7, 11) is -5.71. The molecule has 32 nitrogen and oxygen atoms in total. The molecule has 2 unspecified atom stereocenters. The van der Waals surface area contributed by atoms with Crippen LogP contribution in [0.4, 0.5) is 4.79 Å². The SMILES string of the molecule is C=C(C/C=C(\C)CCC=C(C)C)CCC(C)(C)/C=C/CC/C(C)=C\COC(COP(=O)(O)O[C@H]1O[C@H](C(N)=O)[C@](C)(O)[C@H](OC(N)=O)[C@H]1O[C@@H]1O[C@H](CO)[C@@H](O[C@@H]2O[C@H](C)[C@@H](O[C@@H]3O[C@H](C(=O)O)[C@@H](O)[C@H](O)[C@H]3O)[C@H](O)[C@H]2NC(C)=O)[C@H](O)[C@H]1NC(C)=O)C(=O)O. The molecule has 0 spiro atoms. The first kappa shape index (κ1) is 78.3. The zero-order chi connectivity index (χ0) is 68.6. The van der Waals surface area contributed by atoms with Crippen LogP contribution < -0.4 is 22.1 Å². The van der Waals surface area contributed by atoms with E-state index in [1.54, 1.807) is 13.0 Å². The normalized spacial score (nSPS) is 34.3. The van der Waals surface area contributed by atoms with Crippen molar-refractivity contribution in [3.63, 3.8) is 0 Å². The smallest absolute Gasteiger partial charge is 0.474 e. The number of carbonyl (C=O) groups is 6. The lowest BCUT2D eigenvalue weighted by atomic mass is 9.85. The summed E-state index contributed by atoms with van der Waals surface area (Å²) in [5.41, 5.74) is 12.6. The lowest BCUT2D eigenvalue weighted by Gasteiger charge is -2.51. The molecule has 4 aliphatic rings. The zero-order valence-corrected chi connectivity index (χ0v) is 53.5. The number of allylic oxidation sites excluding steroid dienone is 8. The number of aliphatic hydroxyl groups is 7. The van der Waals surface area contributed by atoms with Gasteiger partial charge in [0.2, 0.25) is 17.7 Å². The van der Waals surface area contributed by atoms with E-state index in [1.165, 1.54) is 18.1 Å². The predicted octanol–water partition coefficient (Wildman–Crippen LogP) is -0.0160. The maximum absolute atomic E-state index is 13.8. The van der Waals surface area contributed by atoms with Crippen LogP contribution in [0.15, 0.2) is 59.3 Å². The topological polar surface area (TPSA) is 499 Å². The van der Waals surface area contributed by atoms with Gasteiger partial charge in [0.1, 0.15) is 66.5 Å². The first-order valence-electron chi connectivity index (χ1n) is 29.4. The summed E-state index contributed by atoms with van der Waals surface area (Å²) >= 11 is 0. The van der Waals surface area contributed by atoms with Gasteiger partial charge in [0.25, 0.3) is 0 Å². The van der Waals surface area contributed by atoms with Gasteiger partial charge < -0.3 is 116 Å². The second kappa shape index (κ2) is 34.8. The Morgan fingerprint density at radius 3 is 1.87 bits per heavy atom. The van der Waals surface area contributed by atoms with Gasteiger partial charge in [-0.25, -0.2) is 18.9 Å². The quantitative estimate of drug-likeness (QED) is 0.0303. The number of phosphoric ester groups is 1. The Labute approximate surface area is 527 Å². The van der Waals surface area contributed by atoms with Gasteiger partial charge in [-0.3, -0.25) is 23.4 Å². The minimum absolute atomic E-state index is 0.112. The number of hydrogen-bond donors (Lipinski definition) is 14. The molecule has 0 aromatic heterocycles. The summed E-state index contributed by atoms with van der Waals surface area (Å²) in [6.45, 7) is 18.1. The fraction of sp³-hybridized carbons (Fsp3) is 0.724. The maximum atomic E-state index is 13.8. The van der Waals surface area contributed by atoms with Crippen molar-refractivity contribution in [1.29, 1.82) is 0 Å². The Bertz CT molecular complexity index is 2670. The Kier molecular flexibility index (Phi) is 30.0. The van der Waals surface area contributed by atoms with Gasteiger partial charge in [-0.2, -0.15) is 0 Å². The summed E-state index contributed by atoms with van der Waals surface area (Å²) < 4.78 is 75.3. The third-order valence-corrected chi connectivity index (χ3v) is 16.3. The van der Waals surface area contributed by atoms with E-state index in [9.17, 15) is 84.2 Å². The van der Waals surface area contributed by atoms with E-state index in [0.717, 1.165) is 64.0 Å². The minimum atomic E-state index is -5.71. The molecule has 518 valence electrons. The van der Waals surface area contributed by atoms with Gasteiger partial charge >= 0.3 is 25.9 Å². The second-order valence-corrected chi connectivity index (χ2v) is 25.5. The van der Waals surface area contributed by atoms with Gasteiger partial charge in [0, 0.05) is 13.8 Å². The highest BCUT2D eigenvalue weighted by Crippen LogP contribution is 2.49. The van der Waals surface area contributed by atoms with Crippen LogP contribution in [0.25, 0.3) is 0 Å². The van der Waals surface area contributed by atoms with Crippen LogP contribution in [-0.4, -0.2) is 235 Å². The number of primary amides is 2. The molecule has 4 fully saturated rings. The van der Waals surface area contributed by atoms with Crippen molar-refractivity contribution in [3.8, 4) is 0 Å². The van der Waals surface area contributed by atoms with E-state index >= 15 is 0 Å². The first-order chi connectivity index (χ1) is 42.3. The van der Waals surface area contributed by atoms with Crippen LogP contribution >= 0.6 is 7.82 Å². The van der Waals surface area contributed by atoms with E-state index in [-0.39, 0.29) is 12.0 Å². The molecule has 0 saturated carbocycles. The van der Waals surface area contributed by atoms with E-state index < -0.39 is 185 Å². The number of rotatable bonds is 33. The van der Waals surface area contributed by atoms with Crippen LogP contribution in [0.5, 0.6) is 0 Å². The average molecular weight is 1330 g/mol. The molecule has 33 heteroatoms. The third-order valence-electron chi connectivity index (χ3n) is 15.4. The van der Waals surface area contributed by atoms with Crippen molar-refractivity contribution >= 4 is 43.6 Å². The Balaban J connectivity index is 1.51. The summed E-state index contributed by atoms with van der Waals surface area (Å²) in [6, 6.07) is -3.66. The number of carboxylic acid groups (broad SMARTS) is 2. The predicted molar refractivity (Wildman–Crippen MR) is 315 cm³/mol. The molecule has 0 radical (unpaired) electrons. The fourth-order valence-corrected chi connectivity index (χ4v) is 11.1. The number of nitrogens with two attached hydrogens (primary N) is 2. The van der Waals surface area contributed by atoms with Crippen molar-refractivity contribution in [2.24, 2.45) is 16.9 Å². The molecule has 4 rings (SSSR count). The lowest BCUT2D eigenvalue weighted by molar-refractivity contribution is -0.370. The molecule has 0 bridgehead atoms. The number of aliphatic hydroxyl groups excluding tert-OH is 6. The van der Waals surface area contributed by atoms with E-state index in [1.807, 2.05) is 0 Å². The van der Waals surface area contributed by atoms with E-state index in [2.05, 4.69) is 76.1 Å². The van der Waals surface area contributed by atoms with Crippen molar-refractivity contribution in [2.75, 3.05) is 19.8 Å². The van der Waals surface area contributed by atoms with Gasteiger partial charge in [0.15, 0.2) is 55.7 Å². The molecule has 4 amide bonds. The molecule has 4 heterocycles. The summed E-state index contributed by atoms with van der Waals surface area (Å²) in [4.78, 5) is 86.0. The van der Waals surface area contributed by atoms with Crippen molar-refractivity contribution < 1.29 is 136 Å². The molecule has 0 aromatic rings. The van der Waals surface area contributed by atoms with Crippen LogP contribution in [-0.2, 0) is 80.2 Å². The largest absolute Gasteiger partial charge is 0.479 e. The number of carboxylic acids is 2. The molecule has 4 aliphatic heterocycles. The van der Waals surface area contributed by atoms with Crippen LogP contribution in [0, 0.1) is 5.41 Å². The molecular weight excluding hydrogens is 1230 g/mol. The number of nitrogens with one attached hydrogen (secondary N) is 2. The van der Waals surface area contributed by atoms with Crippen molar-refractivity contribution in [2.45, 2.75) is 242 Å². The molecule has 4 saturated heterocycles. The number of amides is 4. The Hall–Kier alpha value is -5.17. The minimum Gasteiger partial charge on any atom is -0.479 e. The molecule has 0 aliphatic carbocycles. The molecular formula is C58H93N4O28P. The fourth-order valence-electron chi connectivity index (χ4n) is 10.3. The maximum Gasteiger partial charge on any atom is 0.474 e. The summed E-state index contributed by atoms with van der Waals surface area (Å²) in [6.07, 6.45) is -22.5. The highest BCUT2D eigenvalue weighted by atomic mass is 31.2. The Morgan fingerprint density at radius 1 is 0.736 bits per heavy atom. The number of aliphatic carboxylic acids is 2. The van der Waals surface area contributed by atoms with Gasteiger partial charge in [-0.1, -0.05) is 73.1 Å². The number of carbonyl (C=O) groups excluding carboxylic acids is 4. The molecule has 0 aromatic carbocycles. The third kappa shape index (κ3) is 23.1. The highest BCUT2D eigenvalue weighted by Gasteiger charge is 2.62. The monoisotopic (exact) mass is 1320 g/mol. The van der Waals surface area contributed by atoms with E-state index in [4.69, 9.17) is 63.1 Å². The van der Waals surface area contributed by atoms with Gasteiger partial charge in [-0.15, -0.1) is 0 Å². The highest BCUT2D eigenvalue weighted by molar-refractivity contribution is 7.47. The number of ether oxygens (including phenoxy) is 9. The standard InChI is InChI=1S/C58H93N4O28P/c1-27(2)15-14-17-28(3)18-19-30(5)20-23-57(9,10)22-13-12-16-29(4)21-24-80-35(50(72)73)26-81-91(78,79)90-55-46(47(89-56(60)76)58(11,77)48(88-55)49(59)71)87-53-37(62-33(8)65)39(67)44(34(25-63)83-53)85-52-36(61-32(7)64)38(66)43(31(6)82-52)84-54-42(70)40(68)41(69)45(86-54)51(74)75/h13,15,18,21-22,31,34-48,52-55,63,66-70,77H,5,12,14,16-17,19-20,23-26H2,1-4,6-11H3,(H2,59,71)(H2,60,76)(H,61,64)(H,62,65)(H,72,73)(H,74,75)(H,78,79)/b22-13+,28-18+,29-21-/t31-,34-,35?,36-,37-,38-,39-,40+,41+,42-,43-,44-,45+,46-,47-,48-,52+,53+,54-,55-,58-/m1/s1. The van der Waals surface area contributed by atoms with Crippen molar-refractivity contribution in [3.05, 3.63) is 59.3 Å². The lowest BCUT2D eigenvalue weighted by Crippen LogP contribution is -2.72. The van der Waals surface area contributed by atoms with Gasteiger partial charge in [0.05, 0.1) is 25.9 Å².